The third-order valence-corrected chi connectivity index (χ3v) is 7.80. The summed E-state index contributed by atoms with van der Waals surface area (Å²) in [5.41, 5.74) is 1.52. The number of carbonyl (C=O) groups is 1. The normalized spacial score (nSPS) is 34.4. The fourth-order valence-electron chi connectivity index (χ4n) is 6.18. The Morgan fingerprint density at radius 2 is 1.75 bits per heavy atom. The molecule has 8 heteroatoms. The minimum Gasteiger partial charge on any atom is -0.460 e. The van der Waals surface area contributed by atoms with Crippen molar-refractivity contribution in [3.63, 3.8) is 0 Å². The maximum atomic E-state index is 13.4. The van der Waals surface area contributed by atoms with Gasteiger partial charge in [-0.05, 0) is 73.2 Å². The Bertz CT molecular complexity index is 839. The first-order valence-electron chi connectivity index (χ1n) is 9.66. The molecule has 0 aliphatic heterocycles. The van der Waals surface area contributed by atoms with E-state index in [2.05, 4.69) is 16.9 Å². The third kappa shape index (κ3) is 3.45. The number of benzene rings is 1. The van der Waals surface area contributed by atoms with E-state index >= 15 is 0 Å². The summed E-state index contributed by atoms with van der Waals surface area (Å²) in [6, 6.07) is 10.3. The fraction of sp³-hybridized carbons (Fsp3) is 0.650. The number of hydrogen-bond acceptors (Lipinski definition) is 4. The van der Waals surface area contributed by atoms with Crippen molar-refractivity contribution in [2.24, 2.45) is 29.1 Å². The molecule has 1 aromatic rings. The molecule has 2 unspecified atom stereocenters. The second-order valence-corrected chi connectivity index (χ2v) is 10.3. The molecule has 0 heterocycles. The summed E-state index contributed by atoms with van der Waals surface area (Å²) in [5, 5.41) is -4.92. The molecule has 0 aromatic heterocycles. The van der Waals surface area contributed by atoms with Gasteiger partial charge in [0.05, 0.1) is 6.61 Å². The van der Waals surface area contributed by atoms with E-state index in [0.717, 1.165) is 32.1 Å². The molecular weight excluding hydrogens is 390 g/mol. The highest BCUT2D eigenvalue weighted by Gasteiger charge is 2.57. The number of carbonyl (C=O) groups excluding carboxylic acids is 1. The maximum Gasteiger partial charge on any atom is 0.465 e. The first-order chi connectivity index (χ1) is 13.1. The van der Waals surface area contributed by atoms with Crippen LogP contribution in [-0.2, 0) is 26.1 Å². The van der Waals surface area contributed by atoms with Gasteiger partial charge in [-0.15, -0.1) is 0 Å². The van der Waals surface area contributed by atoms with Crippen LogP contribution in [0.5, 0.6) is 0 Å². The summed E-state index contributed by atoms with van der Waals surface area (Å²) in [7, 11) is -5.83. The van der Waals surface area contributed by atoms with Gasteiger partial charge in [0.15, 0.2) is 0 Å². The molecular formula is C20H24F2O5S. The zero-order valence-electron chi connectivity index (χ0n) is 15.4. The molecule has 0 radical (unpaired) electrons. The predicted molar refractivity (Wildman–Crippen MR) is 97.1 cm³/mol. The smallest absolute Gasteiger partial charge is 0.460 e. The Balaban J connectivity index is 1.44. The highest BCUT2D eigenvalue weighted by Crippen LogP contribution is 2.63. The van der Waals surface area contributed by atoms with Crippen LogP contribution in [0.15, 0.2) is 30.3 Å². The van der Waals surface area contributed by atoms with Crippen molar-refractivity contribution in [3.05, 3.63) is 35.9 Å². The van der Waals surface area contributed by atoms with Gasteiger partial charge in [-0.3, -0.25) is 4.55 Å². The molecule has 4 aliphatic rings. The lowest BCUT2D eigenvalue weighted by Gasteiger charge is -2.60. The first-order valence-corrected chi connectivity index (χ1v) is 11.1. The molecule has 0 amide bonds. The van der Waals surface area contributed by atoms with Crippen molar-refractivity contribution in [2.75, 3.05) is 6.61 Å². The topological polar surface area (TPSA) is 80.7 Å². The highest BCUT2D eigenvalue weighted by molar-refractivity contribution is 7.87. The molecule has 5 rings (SSSR count). The standard InChI is InChI=1S/C20H24F2O5S/c21-20(22,28(24,25)26)18(23)27-12-17-15-6-14-7-16(17)11-19(9-14,10-15)8-13-4-2-1-3-5-13/h1-5,14-17H,6-12H2,(H,24,25,26). The van der Waals surface area contributed by atoms with Crippen molar-refractivity contribution in [3.8, 4) is 0 Å². The van der Waals surface area contributed by atoms with Gasteiger partial charge in [-0.2, -0.15) is 17.2 Å². The number of ether oxygens (including phenoxy) is 1. The molecule has 5 nitrogen and oxygen atoms in total. The van der Waals surface area contributed by atoms with E-state index in [1.54, 1.807) is 0 Å². The Morgan fingerprint density at radius 3 is 2.32 bits per heavy atom. The van der Waals surface area contributed by atoms with Gasteiger partial charge in [-0.1, -0.05) is 30.3 Å². The van der Waals surface area contributed by atoms with Crippen molar-refractivity contribution < 1.29 is 31.3 Å². The number of rotatable bonds is 6. The van der Waals surface area contributed by atoms with Gasteiger partial charge >= 0.3 is 21.3 Å². The lowest BCUT2D eigenvalue weighted by Crippen LogP contribution is -2.53. The number of alkyl halides is 2. The van der Waals surface area contributed by atoms with Crippen LogP contribution in [0.3, 0.4) is 0 Å². The van der Waals surface area contributed by atoms with Gasteiger partial charge in [0.2, 0.25) is 0 Å². The molecule has 4 fully saturated rings. The molecule has 4 saturated carbocycles. The summed E-state index contributed by atoms with van der Waals surface area (Å²) in [6.45, 7) is -0.215. The minimum atomic E-state index is -5.83. The zero-order chi connectivity index (χ0) is 20.2. The zero-order valence-corrected chi connectivity index (χ0v) is 16.2. The number of halogens is 2. The SMILES string of the molecule is O=C(OCC1C2CC3CC1CC(Cc1ccccc1)(C3)C2)C(F)(F)S(=O)(=O)O. The molecule has 4 aliphatic carbocycles. The average molecular weight is 414 g/mol. The van der Waals surface area contributed by atoms with Crippen LogP contribution in [0.2, 0.25) is 0 Å². The van der Waals surface area contributed by atoms with Crippen LogP contribution in [0, 0.1) is 29.1 Å². The second kappa shape index (κ2) is 6.76. The third-order valence-electron chi connectivity index (χ3n) is 6.99. The fourth-order valence-corrected chi connectivity index (χ4v) is 6.45. The summed E-state index contributed by atoms with van der Waals surface area (Å²) < 4.78 is 61.5. The number of esters is 1. The van der Waals surface area contributed by atoms with Crippen molar-refractivity contribution in [1.82, 2.24) is 0 Å². The highest BCUT2D eigenvalue weighted by atomic mass is 32.2. The molecule has 28 heavy (non-hydrogen) atoms. The predicted octanol–water partition coefficient (Wildman–Crippen LogP) is 3.70. The van der Waals surface area contributed by atoms with E-state index in [4.69, 9.17) is 4.55 Å². The Labute approximate surface area is 163 Å². The van der Waals surface area contributed by atoms with Crippen LogP contribution < -0.4 is 0 Å². The van der Waals surface area contributed by atoms with Crippen LogP contribution in [0.4, 0.5) is 8.78 Å². The maximum absolute atomic E-state index is 13.4. The summed E-state index contributed by atoms with van der Waals surface area (Å²) in [5.74, 6) is -1.01. The molecule has 0 spiro atoms. The van der Waals surface area contributed by atoms with Crippen LogP contribution in [0.25, 0.3) is 0 Å². The summed E-state index contributed by atoms with van der Waals surface area (Å²) in [4.78, 5) is 11.5. The first kappa shape index (κ1) is 19.8. The molecule has 0 saturated heterocycles. The van der Waals surface area contributed by atoms with Gasteiger partial charge in [0, 0.05) is 0 Å². The molecule has 4 bridgehead atoms. The molecule has 1 N–H and O–H groups in total. The van der Waals surface area contributed by atoms with Crippen molar-refractivity contribution >= 4 is 16.1 Å². The molecule has 1 aromatic carbocycles. The van der Waals surface area contributed by atoms with E-state index in [9.17, 15) is 22.0 Å². The molecule has 154 valence electrons. The van der Waals surface area contributed by atoms with Gasteiger partial charge < -0.3 is 4.74 Å². The van der Waals surface area contributed by atoms with E-state index in [0.29, 0.717) is 17.8 Å². The van der Waals surface area contributed by atoms with E-state index in [1.165, 1.54) is 12.0 Å². The van der Waals surface area contributed by atoms with Gasteiger partial charge in [0.1, 0.15) is 0 Å². The van der Waals surface area contributed by atoms with E-state index in [1.807, 2.05) is 18.2 Å². The summed E-state index contributed by atoms with van der Waals surface area (Å²) >= 11 is 0. The summed E-state index contributed by atoms with van der Waals surface area (Å²) in [6.07, 6.45) is 6.15. The second-order valence-electron chi connectivity index (χ2n) is 8.89. The Kier molecular flexibility index (Phi) is 4.77. The Morgan fingerprint density at radius 1 is 1.14 bits per heavy atom. The number of hydrogen-bond donors (Lipinski definition) is 1. The monoisotopic (exact) mass is 414 g/mol. The molecule has 2 atom stereocenters. The van der Waals surface area contributed by atoms with E-state index < -0.39 is 21.3 Å². The Hall–Kier alpha value is -1.54. The quantitative estimate of drug-likeness (QED) is 0.567. The minimum absolute atomic E-state index is 0.0263. The lowest BCUT2D eigenvalue weighted by atomic mass is 9.45. The van der Waals surface area contributed by atoms with Gasteiger partial charge in [-0.25, -0.2) is 4.79 Å². The van der Waals surface area contributed by atoms with Gasteiger partial charge in [0.25, 0.3) is 0 Å². The van der Waals surface area contributed by atoms with Crippen molar-refractivity contribution in [2.45, 2.75) is 43.8 Å². The van der Waals surface area contributed by atoms with Crippen LogP contribution in [-0.4, -0.2) is 30.8 Å². The van der Waals surface area contributed by atoms with Crippen LogP contribution in [0.1, 0.15) is 37.7 Å². The van der Waals surface area contributed by atoms with E-state index in [-0.39, 0.29) is 17.9 Å². The van der Waals surface area contributed by atoms with Crippen LogP contribution >= 0.6 is 0 Å². The average Bonchev–Trinajstić information content (AvgIpc) is 2.59. The van der Waals surface area contributed by atoms with Crippen molar-refractivity contribution in [1.29, 1.82) is 0 Å². The largest absolute Gasteiger partial charge is 0.465 e. The lowest BCUT2D eigenvalue weighted by molar-refractivity contribution is -0.170.